The number of rotatable bonds is 5. The van der Waals surface area contributed by atoms with Gasteiger partial charge < -0.3 is 10.2 Å². The third-order valence-corrected chi connectivity index (χ3v) is 4.89. The molecule has 2 aromatic carbocycles. The van der Waals surface area contributed by atoms with E-state index in [1.807, 2.05) is 26.0 Å². The topological polar surface area (TPSA) is 49.4 Å². The molecule has 2 amide bonds. The van der Waals surface area contributed by atoms with Gasteiger partial charge in [-0.25, -0.2) is 4.39 Å². The van der Waals surface area contributed by atoms with Crippen molar-refractivity contribution >= 4 is 23.4 Å². The number of benzene rings is 2. The Labute approximate surface area is 157 Å². The summed E-state index contributed by atoms with van der Waals surface area (Å²) < 4.78 is 14.2. The minimum absolute atomic E-state index is 0.00735. The molecule has 26 heavy (non-hydrogen) atoms. The highest BCUT2D eigenvalue weighted by Gasteiger charge is 2.43. The summed E-state index contributed by atoms with van der Waals surface area (Å²) in [5.41, 5.74) is 1.41. The van der Waals surface area contributed by atoms with Gasteiger partial charge in [-0.1, -0.05) is 42.8 Å². The molecule has 1 aliphatic rings. The molecule has 0 bridgehead atoms. The Morgan fingerprint density at radius 1 is 1.27 bits per heavy atom. The molecule has 0 saturated carbocycles. The molecule has 0 radical (unpaired) electrons. The molecule has 6 heteroatoms. The van der Waals surface area contributed by atoms with Gasteiger partial charge in [-0.2, -0.15) is 0 Å². The average molecular weight is 375 g/mol. The number of likely N-dealkylation sites (N-methyl/N-ethyl adjacent to an activating group) is 1. The Morgan fingerprint density at radius 2 is 1.96 bits per heavy atom. The number of hydrogen-bond donors (Lipinski definition) is 1. The highest BCUT2D eigenvalue weighted by molar-refractivity contribution is 6.30. The van der Waals surface area contributed by atoms with Gasteiger partial charge in [0.25, 0.3) is 5.91 Å². The van der Waals surface area contributed by atoms with Crippen LogP contribution >= 0.6 is 11.6 Å². The molecule has 0 spiro atoms. The Hall–Kier alpha value is -2.40. The number of carbonyl (C=O) groups is 2. The van der Waals surface area contributed by atoms with Crippen molar-refractivity contribution < 1.29 is 14.0 Å². The van der Waals surface area contributed by atoms with Gasteiger partial charge >= 0.3 is 0 Å². The molecule has 1 N–H and O–H groups in total. The van der Waals surface area contributed by atoms with Gasteiger partial charge in [-0.05, 0) is 42.2 Å². The van der Waals surface area contributed by atoms with Crippen LogP contribution in [-0.4, -0.2) is 29.8 Å². The van der Waals surface area contributed by atoms with Gasteiger partial charge in [0, 0.05) is 18.1 Å². The molecule has 0 fully saturated rings. The maximum absolute atomic E-state index is 14.2. The molecule has 2 atom stereocenters. The lowest BCUT2D eigenvalue weighted by Crippen LogP contribution is -2.40. The summed E-state index contributed by atoms with van der Waals surface area (Å²) in [5.74, 6) is -1.38. The quantitative estimate of drug-likeness (QED) is 0.862. The zero-order valence-corrected chi connectivity index (χ0v) is 15.4. The van der Waals surface area contributed by atoms with Crippen LogP contribution in [0.4, 0.5) is 4.39 Å². The second-order valence-corrected chi connectivity index (χ2v) is 6.85. The van der Waals surface area contributed by atoms with Crippen molar-refractivity contribution in [1.82, 2.24) is 10.2 Å². The van der Waals surface area contributed by atoms with Gasteiger partial charge in [0.05, 0.1) is 5.56 Å². The summed E-state index contributed by atoms with van der Waals surface area (Å²) >= 11 is 5.93. The molecule has 2 aromatic rings. The van der Waals surface area contributed by atoms with Crippen LogP contribution < -0.4 is 5.32 Å². The number of fused-ring (bicyclic) bond motifs is 1. The van der Waals surface area contributed by atoms with E-state index < -0.39 is 17.8 Å². The van der Waals surface area contributed by atoms with Crippen molar-refractivity contribution in [3.05, 3.63) is 70.0 Å². The van der Waals surface area contributed by atoms with E-state index in [-0.39, 0.29) is 17.4 Å². The van der Waals surface area contributed by atoms with E-state index in [9.17, 15) is 14.0 Å². The first kappa shape index (κ1) is 18.4. The molecule has 1 aliphatic heterocycles. The molecule has 4 nitrogen and oxygen atoms in total. The van der Waals surface area contributed by atoms with Crippen LogP contribution in [0.1, 0.15) is 47.3 Å². The predicted molar refractivity (Wildman–Crippen MR) is 98.7 cm³/mol. The summed E-state index contributed by atoms with van der Waals surface area (Å²) in [4.78, 5) is 26.9. The van der Waals surface area contributed by atoms with E-state index in [1.165, 1.54) is 17.0 Å². The lowest BCUT2D eigenvalue weighted by Gasteiger charge is -2.27. The fourth-order valence-electron chi connectivity index (χ4n) is 3.36. The minimum atomic E-state index is -0.817. The number of hydrogen-bond acceptors (Lipinski definition) is 2. The Balaban J connectivity index is 1.94. The number of nitrogens with zero attached hydrogens (tertiary/aromatic N) is 1. The maximum Gasteiger partial charge on any atom is 0.258 e. The Kier molecular flexibility index (Phi) is 5.28. The molecule has 2 unspecified atom stereocenters. The zero-order chi connectivity index (χ0) is 18.8. The number of carbonyl (C=O) groups excluding carboxylic acids is 2. The Bertz CT molecular complexity index is 838. The van der Waals surface area contributed by atoms with Crippen molar-refractivity contribution in [2.24, 2.45) is 0 Å². The number of nitrogens with one attached hydrogen (secondary N) is 1. The SMILES string of the molecule is CCNC(=O)C1c2cccc(F)c2C(=O)N1CC(C)c1ccc(Cl)cc1. The number of amides is 2. The lowest BCUT2D eigenvalue weighted by molar-refractivity contribution is -0.125. The van der Waals surface area contributed by atoms with Crippen LogP contribution in [0.3, 0.4) is 0 Å². The van der Waals surface area contributed by atoms with Crippen molar-refractivity contribution in [1.29, 1.82) is 0 Å². The maximum atomic E-state index is 14.2. The van der Waals surface area contributed by atoms with E-state index in [0.29, 0.717) is 23.7 Å². The largest absolute Gasteiger partial charge is 0.354 e. The summed E-state index contributed by atoms with van der Waals surface area (Å²) in [7, 11) is 0. The van der Waals surface area contributed by atoms with Gasteiger partial charge in [-0.3, -0.25) is 9.59 Å². The van der Waals surface area contributed by atoms with Crippen LogP contribution in [0.5, 0.6) is 0 Å². The standard InChI is InChI=1S/C20H20ClFN2O2/c1-3-23-19(25)18-15-5-4-6-16(22)17(15)20(26)24(18)11-12(2)13-7-9-14(21)10-8-13/h4-10,12,18H,3,11H2,1-2H3,(H,23,25). The van der Waals surface area contributed by atoms with E-state index >= 15 is 0 Å². The highest BCUT2D eigenvalue weighted by atomic mass is 35.5. The van der Waals surface area contributed by atoms with E-state index in [1.54, 1.807) is 18.2 Å². The summed E-state index contributed by atoms with van der Waals surface area (Å²) in [6.07, 6.45) is 0. The highest BCUT2D eigenvalue weighted by Crippen LogP contribution is 2.36. The van der Waals surface area contributed by atoms with E-state index in [4.69, 9.17) is 11.6 Å². The first-order chi connectivity index (χ1) is 12.4. The summed E-state index contributed by atoms with van der Waals surface area (Å²) in [6.45, 7) is 4.51. The van der Waals surface area contributed by atoms with E-state index in [0.717, 1.165) is 5.56 Å². The van der Waals surface area contributed by atoms with Gasteiger partial charge in [0.2, 0.25) is 5.91 Å². The van der Waals surface area contributed by atoms with Crippen molar-refractivity contribution in [2.75, 3.05) is 13.1 Å². The third-order valence-electron chi connectivity index (χ3n) is 4.64. The average Bonchev–Trinajstić information content (AvgIpc) is 2.89. The second-order valence-electron chi connectivity index (χ2n) is 6.41. The van der Waals surface area contributed by atoms with Crippen molar-refractivity contribution in [2.45, 2.75) is 25.8 Å². The van der Waals surface area contributed by atoms with Crippen molar-refractivity contribution in [3.8, 4) is 0 Å². The van der Waals surface area contributed by atoms with E-state index in [2.05, 4.69) is 5.32 Å². The van der Waals surface area contributed by atoms with Crippen LogP contribution in [0.25, 0.3) is 0 Å². The smallest absolute Gasteiger partial charge is 0.258 e. The summed E-state index contributed by atoms with van der Waals surface area (Å²) in [5, 5.41) is 3.38. The first-order valence-electron chi connectivity index (χ1n) is 8.56. The molecule has 0 aromatic heterocycles. The molecule has 136 valence electrons. The monoisotopic (exact) mass is 374 g/mol. The molecule has 1 heterocycles. The fraction of sp³-hybridized carbons (Fsp3) is 0.300. The van der Waals surface area contributed by atoms with Gasteiger partial charge in [-0.15, -0.1) is 0 Å². The minimum Gasteiger partial charge on any atom is -0.354 e. The first-order valence-corrected chi connectivity index (χ1v) is 8.94. The van der Waals surface area contributed by atoms with Gasteiger partial charge in [0.1, 0.15) is 11.9 Å². The fourth-order valence-corrected chi connectivity index (χ4v) is 3.48. The molecule has 0 aliphatic carbocycles. The molecular weight excluding hydrogens is 355 g/mol. The predicted octanol–water partition coefficient (Wildman–Crippen LogP) is 3.92. The van der Waals surface area contributed by atoms with Crippen LogP contribution in [0.15, 0.2) is 42.5 Å². The number of halogens is 2. The van der Waals surface area contributed by atoms with Gasteiger partial charge in [0.15, 0.2) is 0 Å². The van der Waals surface area contributed by atoms with Crippen LogP contribution in [-0.2, 0) is 4.79 Å². The van der Waals surface area contributed by atoms with Crippen molar-refractivity contribution in [3.63, 3.8) is 0 Å². The normalized spacial score (nSPS) is 17.2. The lowest BCUT2D eigenvalue weighted by atomic mass is 9.99. The molecule has 0 saturated heterocycles. The zero-order valence-electron chi connectivity index (χ0n) is 14.6. The van der Waals surface area contributed by atoms with Crippen LogP contribution in [0.2, 0.25) is 5.02 Å². The van der Waals surface area contributed by atoms with Crippen LogP contribution in [0, 0.1) is 5.82 Å². The third kappa shape index (κ3) is 3.31. The second kappa shape index (κ2) is 7.46. The molecular formula is C20H20ClFN2O2. The summed E-state index contributed by atoms with van der Waals surface area (Å²) in [6, 6.07) is 11.0. The Morgan fingerprint density at radius 3 is 2.62 bits per heavy atom. The molecule has 3 rings (SSSR count).